The van der Waals surface area contributed by atoms with Crippen LogP contribution in [0.4, 0.5) is 4.79 Å². The van der Waals surface area contributed by atoms with Gasteiger partial charge in [0.05, 0.1) is 5.92 Å². The van der Waals surface area contributed by atoms with Gasteiger partial charge in [-0.2, -0.15) is 0 Å². The quantitative estimate of drug-likeness (QED) is 0.617. The Balaban J connectivity index is 1.26. The van der Waals surface area contributed by atoms with Crippen LogP contribution in [0.25, 0.3) is 11.1 Å². The van der Waals surface area contributed by atoms with Crippen LogP contribution < -0.4 is 5.32 Å². The molecular formula is C28H32N2O5. The largest absolute Gasteiger partial charge is 0.481 e. The molecule has 3 atom stereocenters. The molecule has 2 N–H and O–H groups in total. The first-order valence-corrected chi connectivity index (χ1v) is 12.6. The zero-order valence-electron chi connectivity index (χ0n) is 20.0. The van der Waals surface area contributed by atoms with Crippen LogP contribution in [0, 0.1) is 11.8 Å². The molecule has 7 heteroatoms. The second-order valence-corrected chi connectivity index (χ2v) is 10.1. The van der Waals surface area contributed by atoms with Crippen LogP contribution in [0.3, 0.4) is 0 Å². The molecule has 2 amide bonds. The van der Waals surface area contributed by atoms with Gasteiger partial charge >= 0.3 is 12.1 Å². The molecule has 3 unspecified atom stereocenters. The van der Waals surface area contributed by atoms with Gasteiger partial charge in [0.2, 0.25) is 5.91 Å². The fraction of sp³-hybridized carbons (Fsp3) is 0.464. The van der Waals surface area contributed by atoms with Crippen LogP contribution in [-0.4, -0.2) is 53.2 Å². The average Bonchev–Trinajstić information content (AvgIpc) is 3.62. The number of rotatable bonds is 7. The molecule has 5 rings (SSSR count). The lowest BCUT2D eigenvalue weighted by Crippen LogP contribution is -2.56. The van der Waals surface area contributed by atoms with Gasteiger partial charge in [0.1, 0.15) is 12.6 Å². The zero-order chi connectivity index (χ0) is 24.5. The van der Waals surface area contributed by atoms with Crippen molar-refractivity contribution in [3.05, 3.63) is 59.7 Å². The predicted molar refractivity (Wildman–Crippen MR) is 131 cm³/mol. The molecule has 1 aliphatic heterocycles. The van der Waals surface area contributed by atoms with Gasteiger partial charge in [0, 0.05) is 18.5 Å². The van der Waals surface area contributed by atoms with Crippen molar-refractivity contribution in [3.8, 4) is 11.1 Å². The van der Waals surface area contributed by atoms with Crippen molar-refractivity contribution >= 4 is 18.0 Å². The second-order valence-electron chi connectivity index (χ2n) is 10.1. The summed E-state index contributed by atoms with van der Waals surface area (Å²) in [6.07, 6.45) is 3.25. The summed E-state index contributed by atoms with van der Waals surface area (Å²) in [7, 11) is 0. The van der Waals surface area contributed by atoms with Crippen LogP contribution in [0.2, 0.25) is 0 Å². The lowest BCUT2D eigenvalue weighted by Gasteiger charge is -2.39. The maximum absolute atomic E-state index is 13.4. The standard InChI is InChI=1S/C28H32N2O5/c1-17-19(27(32)33)11-6-14-30(17)26(31)25(15-18-12-13-18)29-28(34)35-16-24-22-9-4-2-7-20(22)21-8-3-5-10-23(21)24/h2-5,7-10,17-19,24-25H,6,11-16H2,1H3,(H,29,34)(H,32,33). The van der Waals surface area contributed by atoms with E-state index in [2.05, 4.69) is 29.6 Å². The topological polar surface area (TPSA) is 95.9 Å². The number of fused-ring (bicyclic) bond motifs is 3. The minimum Gasteiger partial charge on any atom is -0.481 e. The molecule has 7 nitrogen and oxygen atoms in total. The van der Waals surface area contributed by atoms with Crippen LogP contribution >= 0.6 is 0 Å². The number of likely N-dealkylation sites (tertiary alicyclic amines) is 1. The number of carboxylic acid groups (broad SMARTS) is 1. The molecule has 3 aliphatic rings. The molecule has 184 valence electrons. The highest BCUT2D eigenvalue weighted by Crippen LogP contribution is 2.44. The number of nitrogens with one attached hydrogen (secondary N) is 1. The number of hydrogen-bond donors (Lipinski definition) is 2. The van der Waals surface area contributed by atoms with E-state index in [0.29, 0.717) is 31.7 Å². The fourth-order valence-electron chi connectivity index (χ4n) is 5.68. The van der Waals surface area contributed by atoms with Gasteiger partial charge in [-0.3, -0.25) is 9.59 Å². The SMILES string of the molecule is CC1C(C(=O)O)CCCN1C(=O)C(CC1CC1)NC(=O)OCC1c2ccccc2-c2ccccc21. The minimum absolute atomic E-state index is 0.0517. The Kier molecular flexibility index (Phi) is 6.50. The predicted octanol–water partition coefficient (Wildman–Crippen LogP) is 4.41. The Bertz CT molecular complexity index is 1080. The third kappa shape index (κ3) is 4.77. The first-order chi connectivity index (χ1) is 16.9. The lowest BCUT2D eigenvalue weighted by molar-refractivity contribution is -0.149. The van der Waals surface area contributed by atoms with Crippen molar-refractivity contribution in [1.29, 1.82) is 0 Å². The number of nitrogens with zero attached hydrogens (tertiary/aromatic N) is 1. The summed E-state index contributed by atoms with van der Waals surface area (Å²) in [6, 6.07) is 15.2. The van der Waals surface area contributed by atoms with Crippen molar-refractivity contribution in [2.75, 3.05) is 13.2 Å². The zero-order valence-corrected chi connectivity index (χ0v) is 20.0. The summed E-state index contributed by atoms with van der Waals surface area (Å²) in [4.78, 5) is 39.6. The highest BCUT2D eigenvalue weighted by Gasteiger charge is 2.40. The molecule has 0 aromatic heterocycles. The molecule has 1 saturated heterocycles. The van der Waals surface area contributed by atoms with E-state index in [1.807, 2.05) is 24.3 Å². The molecular weight excluding hydrogens is 444 g/mol. The smallest absolute Gasteiger partial charge is 0.407 e. The van der Waals surface area contributed by atoms with E-state index in [1.165, 1.54) is 0 Å². The average molecular weight is 477 g/mol. The van der Waals surface area contributed by atoms with Crippen LogP contribution in [0.1, 0.15) is 56.1 Å². The maximum Gasteiger partial charge on any atom is 0.407 e. The maximum atomic E-state index is 13.4. The van der Waals surface area contributed by atoms with E-state index >= 15 is 0 Å². The first-order valence-electron chi connectivity index (χ1n) is 12.6. The molecule has 0 spiro atoms. The Morgan fingerprint density at radius 3 is 2.26 bits per heavy atom. The van der Waals surface area contributed by atoms with Crippen molar-refractivity contribution in [2.45, 2.75) is 57.0 Å². The third-order valence-corrected chi connectivity index (χ3v) is 7.79. The molecule has 0 bridgehead atoms. The van der Waals surface area contributed by atoms with Gasteiger partial charge in [0.25, 0.3) is 0 Å². The monoisotopic (exact) mass is 476 g/mol. The molecule has 2 aromatic carbocycles. The Morgan fingerprint density at radius 1 is 1.03 bits per heavy atom. The number of amides is 2. The van der Waals surface area contributed by atoms with E-state index < -0.39 is 30.1 Å². The summed E-state index contributed by atoms with van der Waals surface area (Å²) in [5.74, 6) is -1.30. The normalized spacial score (nSPS) is 22.1. The van der Waals surface area contributed by atoms with Crippen LogP contribution in [0.15, 0.2) is 48.5 Å². The first kappa shape index (κ1) is 23.4. The fourth-order valence-corrected chi connectivity index (χ4v) is 5.68. The number of ether oxygens (including phenoxy) is 1. The number of carboxylic acids is 1. The van der Waals surface area contributed by atoms with Crippen molar-refractivity contribution in [2.24, 2.45) is 11.8 Å². The third-order valence-electron chi connectivity index (χ3n) is 7.79. The second kappa shape index (κ2) is 9.72. The Hall–Kier alpha value is -3.35. The van der Waals surface area contributed by atoms with E-state index in [9.17, 15) is 19.5 Å². The summed E-state index contributed by atoms with van der Waals surface area (Å²) in [5, 5.41) is 12.4. The van der Waals surface area contributed by atoms with Gasteiger partial charge in [0.15, 0.2) is 0 Å². The van der Waals surface area contributed by atoms with Gasteiger partial charge in [-0.05, 0) is 54.4 Å². The van der Waals surface area contributed by atoms with E-state index in [1.54, 1.807) is 11.8 Å². The van der Waals surface area contributed by atoms with E-state index in [4.69, 9.17) is 4.74 Å². The molecule has 1 heterocycles. The molecule has 0 radical (unpaired) electrons. The highest BCUT2D eigenvalue weighted by atomic mass is 16.5. The number of aliphatic carboxylic acids is 1. The summed E-state index contributed by atoms with van der Waals surface area (Å²) >= 11 is 0. The molecule has 35 heavy (non-hydrogen) atoms. The Labute approximate surface area is 205 Å². The number of carbonyl (C=O) groups is 3. The molecule has 1 saturated carbocycles. The number of carbonyl (C=O) groups excluding carboxylic acids is 2. The van der Waals surface area contributed by atoms with Crippen LogP contribution in [-0.2, 0) is 14.3 Å². The van der Waals surface area contributed by atoms with Gasteiger partial charge < -0.3 is 20.1 Å². The van der Waals surface area contributed by atoms with Crippen molar-refractivity contribution in [3.63, 3.8) is 0 Å². The van der Waals surface area contributed by atoms with E-state index in [-0.39, 0.29) is 18.4 Å². The number of hydrogen-bond acceptors (Lipinski definition) is 4. The summed E-state index contributed by atoms with van der Waals surface area (Å²) in [5.41, 5.74) is 4.58. The van der Waals surface area contributed by atoms with Crippen molar-refractivity contribution < 1.29 is 24.2 Å². The van der Waals surface area contributed by atoms with Gasteiger partial charge in [-0.15, -0.1) is 0 Å². The summed E-state index contributed by atoms with van der Waals surface area (Å²) < 4.78 is 5.68. The van der Waals surface area contributed by atoms with Crippen LogP contribution in [0.5, 0.6) is 0 Å². The molecule has 2 aliphatic carbocycles. The number of alkyl carbamates (subject to hydrolysis) is 1. The number of piperidine rings is 1. The molecule has 2 aromatic rings. The van der Waals surface area contributed by atoms with E-state index in [0.717, 1.165) is 35.1 Å². The van der Waals surface area contributed by atoms with Gasteiger partial charge in [-0.25, -0.2) is 4.79 Å². The lowest BCUT2D eigenvalue weighted by atomic mass is 9.89. The minimum atomic E-state index is -0.877. The highest BCUT2D eigenvalue weighted by molar-refractivity contribution is 5.87. The molecule has 2 fully saturated rings. The number of benzene rings is 2. The van der Waals surface area contributed by atoms with Crippen molar-refractivity contribution in [1.82, 2.24) is 10.2 Å². The Morgan fingerprint density at radius 2 is 1.66 bits per heavy atom. The summed E-state index contributed by atoms with van der Waals surface area (Å²) in [6.45, 7) is 2.49. The van der Waals surface area contributed by atoms with Gasteiger partial charge in [-0.1, -0.05) is 61.4 Å².